The van der Waals surface area contributed by atoms with E-state index in [2.05, 4.69) is 15.9 Å². The van der Waals surface area contributed by atoms with E-state index in [0.717, 1.165) is 15.6 Å². The molecule has 1 atom stereocenters. The van der Waals surface area contributed by atoms with Crippen molar-refractivity contribution in [3.63, 3.8) is 0 Å². The Morgan fingerprint density at radius 3 is 2.60 bits per heavy atom. The Bertz CT molecular complexity index is 615. The van der Waals surface area contributed by atoms with Crippen molar-refractivity contribution in [3.05, 3.63) is 63.4 Å². The summed E-state index contributed by atoms with van der Waals surface area (Å²) in [7, 11) is 0. The van der Waals surface area contributed by atoms with Crippen LogP contribution in [-0.4, -0.2) is 6.61 Å². The molecule has 106 valence electrons. The molecule has 2 rings (SSSR count). The van der Waals surface area contributed by atoms with Crippen molar-refractivity contribution in [1.29, 1.82) is 0 Å². The first-order chi connectivity index (χ1) is 9.52. The standard InChI is InChI=1S/C16H15BrClFO/c1-3-20-15-7-5-11(17)9-13(15)16(18)12-6-4-10(2)8-14(12)19/h4-9,16H,3H2,1-2H3. The Balaban J connectivity index is 2.46. The van der Waals surface area contributed by atoms with Gasteiger partial charge in [-0.2, -0.15) is 0 Å². The Kier molecular flexibility index (Phi) is 5.06. The van der Waals surface area contributed by atoms with Gasteiger partial charge in [0.1, 0.15) is 11.6 Å². The number of benzene rings is 2. The molecule has 1 nitrogen and oxygen atoms in total. The van der Waals surface area contributed by atoms with Gasteiger partial charge in [0.15, 0.2) is 0 Å². The van der Waals surface area contributed by atoms with Crippen molar-refractivity contribution in [2.24, 2.45) is 0 Å². The third-order valence-electron chi connectivity index (χ3n) is 2.97. The van der Waals surface area contributed by atoms with Gasteiger partial charge in [-0.1, -0.05) is 28.1 Å². The number of rotatable bonds is 4. The monoisotopic (exact) mass is 356 g/mol. The second-order valence-electron chi connectivity index (χ2n) is 4.50. The molecule has 20 heavy (non-hydrogen) atoms. The molecule has 0 fully saturated rings. The lowest BCUT2D eigenvalue weighted by molar-refractivity contribution is 0.336. The minimum Gasteiger partial charge on any atom is -0.494 e. The quantitative estimate of drug-likeness (QED) is 0.645. The molecular formula is C16H15BrClFO. The van der Waals surface area contributed by atoms with E-state index in [4.69, 9.17) is 16.3 Å². The van der Waals surface area contributed by atoms with Crippen molar-refractivity contribution in [1.82, 2.24) is 0 Å². The van der Waals surface area contributed by atoms with Crippen LogP contribution in [0.25, 0.3) is 0 Å². The molecule has 1 unspecified atom stereocenters. The van der Waals surface area contributed by atoms with Gasteiger partial charge in [-0.25, -0.2) is 4.39 Å². The molecule has 0 aliphatic carbocycles. The van der Waals surface area contributed by atoms with Gasteiger partial charge in [0, 0.05) is 15.6 Å². The highest BCUT2D eigenvalue weighted by Crippen LogP contribution is 2.38. The molecule has 0 aliphatic heterocycles. The number of hydrogen-bond acceptors (Lipinski definition) is 1. The fourth-order valence-corrected chi connectivity index (χ4v) is 2.74. The summed E-state index contributed by atoms with van der Waals surface area (Å²) < 4.78 is 20.5. The van der Waals surface area contributed by atoms with Crippen LogP contribution in [0.3, 0.4) is 0 Å². The third kappa shape index (κ3) is 3.33. The maximum Gasteiger partial charge on any atom is 0.128 e. The van der Waals surface area contributed by atoms with Crippen LogP contribution < -0.4 is 4.74 Å². The van der Waals surface area contributed by atoms with Crippen LogP contribution in [-0.2, 0) is 0 Å². The molecule has 0 aliphatic rings. The van der Waals surface area contributed by atoms with Crippen molar-refractivity contribution in [3.8, 4) is 5.75 Å². The van der Waals surface area contributed by atoms with Crippen molar-refractivity contribution in [2.45, 2.75) is 19.2 Å². The minimum atomic E-state index is -0.588. The van der Waals surface area contributed by atoms with Crippen molar-refractivity contribution < 1.29 is 9.13 Å². The van der Waals surface area contributed by atoms with Crippen LogP contribution in [0.15, 0.2) is 40.9 Å². The average Bonchev–Trinajstić information content (AvgIpc) is 2.40. The summed E-state index contributed by atoms with van der Waals surface area (Å²) in [5.41, 5.74) is 2.08. The van der Waals surface area contributed by atoms with Crippen molar-refractivity contribution >= 4 is 27.5 Å². The van der Waals surface area contributed by atoms with E-state index < -0.39 is 5.38 Å². The lowest BCUT2D eigenvalue weighted by atomic mass is 10.0. The lowest BCUT2D eigenvalue weighted by Gasteiger charge is -2.16. The smallest absolute Gasteiger partial charge is 0.128 e. The Morgan fingerprint density at radius 1 is 1.20 bits per heavy atom. The molecule has 0 aromatic heterocycles. The van der Waals surface area contributed by atoms with Crippen molar-refractivity contribution in [2.75, 3.05) is 6.61 Å². The van der Waals surface area contributed by atoms with E-state index in [0.29, 0.717) is 17.9 Å². The molecule has 0 saturated heterocycles. The molecule has 0 radical (unpaired) electrons. The summed E-state index contributed by atoms with van der Waals surface area (Å²) >= 11 is 9.87. The topological polar surface area (TPSA) is 9.23 Å². The highest BCUT2D eigenvalue weighted by atomic mass is 79.9. The zero-order valence-electron chi connectivity index (χ0n) is 11.3. The highest BCUT2D eigenvalue weighted by Gasteiger charge is 2.19. The summed E-state index contributed by atoms with van der Waals surface area (Å²) in [6.45, 7) is 4.29. The van der Waals surface area contributed by atoms with Gasteiger partial charge >= 0.3 is 0 Å². The first-order valence-electron chi connectivity index (χ1n) is 6.35. The first kappa shape index (κ1) is 15.3. The van der Waals surface area contributed by atoms with Gasteiger partial charge in [-0.05, 0) is 43.7 Å². The molecule has 2 aromatic rings. The summed E-state index contributed by atoms with van der Waals surface area (Å²) in [5.74, 6) is 0.378. The second kappa shape index (κ2) is 6.59. The summed E-state index contributed by atoms with van der Waals surface area (Å²) in [6.07, 6.45) is 0. The fourth-order valence-electron chi connectivity index (χ4n) is 2.01. The molecule has 0 N–H and O–H groups in total. The minimum absolute atomic E-state index is 0.299. The van der Waals surface area contributed by atoms with Gasteiger partial charge < -0.3 is 4.74 Å². The predicted molar refractivity (Wildman–Crippen MR) is 84.1 cm³/mol. The van der Waals surface area contributed by atoms with E-state index >= 15 is 0 Å². The second-order valence-corrected chi connectivity index (χ2v) is 5.85. The summed E-state index contributed by atoms with van der Waals surface area (Å²) in [5, 5.41) is -0.588. The largest absolute Gasteiger partial charge is 0.494 e. The number of ether oxygens (including phenoxy) is 1. The lowest BCUT2D eigenvalue weighted by Crippen LogP contribution is -2.02. The van der Waals surface area contributed by atoms with Crippen LogP contribution in [0.4, 0.5) is 4.39 Å². The summed E-state index contributed by atoms with van der Waals surface area (Å²) in [4.78, 5) is 0. The van der Waals surface area contributed by atoms with E-state index in [1.54, 1.807) is 6.07 Å². The molecule has 0 amide bonds. The normalized spacial score (nSPS) is 12.2. The Hall–Kier alpha value is -1.06. The first-order valence-corrected chi connectivity index (χ1v) is 7.58. The van der Waals surface area contributed by atoms with E-state index in [-0.39, 0.29) is 5.82 Å². The van der Waals surface area contributed by atoms with E-state index in [1.165, 1.54) is 6.07 Å². The van der Waals surface area contributed by atoms with Gasteiger partial charge in [0.05, 0.1) is 12.0 Å². The molecular weight excluding hydrogens is 343 g/mol. The van der Waals surface area contributed by atoms with Crippen LogP contribution in [0, 0.1) is 12.7 Å². The van der Waals surface area contributed by atoms with E-state index in [9.17, 15) is 4.39 Å². The maximum absolute atomic E-state index is 14.1. The zero-order chi connectivity index (χ0) is 14.7. The molecule has 0 saturated carbocycles. The van der Waals surface area contributed by atoms with Crippen LogP contribution in [0.5, 0.6) is 5.75 Å². The number of halogens is 3. The SMILES string of the molecule is CCOc1ccc(Br)cc1C(Cl)c1ccc(C)cc1F. The summed E-state index contributed by atoms with van der Waals surface area (Å²) in [6, 6.07) is 10.6. The van der Waals surface area contributed by atoms with Gasteiger partial charge in [0.2, 0.25) is 0 Å². The third-order valence-corrected chi connectivity index (χ3v) is 3.94. The maximum atomic E-state index is 14.1. The van der Waals surface area contributed by atoms with Gasteiger partial charge in [0.25, 0.3) is 0 Å². The Morgan fingerprint density at radius 2 is 1.95 bits per heavy atom. The molecule has 4 heteroatoms. The molecule has 0 heterocycles. The zero-order valence-corrected chi connectivity index (χ0v) is 13.6. The predicted octanol–water partition coefficient (Wildman–Crippen LogP) is 5.62. The molecule has 0 bridgehead atoms. The van der Waals surface area contributed by atoms with E-state index in [1.807, 2.05) is 38.1 Å². The number of hydrogen-bond donors (Lipinski definition) is 0. The number of aryl methyl sites for hydroxylation is 1. The van der Waals surface area contributed by atoms with Crippen LogP contribution in [0.1, 0.15) is 29.0 Å². The Labute approximate surface area is 131 Å². The van der Waals surface area contributed by atoms with Crippen LogP contribution >= 0.6 is 27.5 Å². The molecule has 0 spiro atoms. The highest BCUT2D eigenvalue weighted by molar-refractivity contribution is 9.10. The number of alkyl halides is 1. The fraction of sp³-hybridized carbons (Fsp3) is 0.250. The van der Waals surface area contributed by atoms with Gasteiger partial charge in [-0.15, -0.1) is 11.6 Å². The van der Waals surface area contributed by atoms with Gasteiger partial charge in [-0.3, -0.25) is 0 Å². The van der Waals surface area contributed by atoms with Crippen LogP contribution in [0.2, 0.25) is 0 Å². The average molecular weight is 358 g/mol. The molecule has 2 aromatic carbocycles.